The molecule has 1 saturated carbocycles. The van der Waals surface area contributed by atoms with Gasteiger partial charge in [0, 0.05) is 6.42 Å². The highest BCUT2D eigenvalue weighted by Gasteiger charge is 2.37. The molecule has 0 aromatic heterocycles. The lowest BCUT2D eigenvalue weighted by atomic mass is 9.99. The molecular formula is C10H19O3PS. The third-order valence-corrected chi connectivity index (χ3v) is 6.46. The van der Waals surface area contributed by atoms with Crippen LogP contribution < -0.4 is 0 Å². The molecule has 0 N–H and O–H groups in total. The van der Waals surface area contributed by atoms with Crippen LogP contribution in [-0.4, -0.2) is 24.7 Å². The predicted molar refractivity (Wildman–Crippen MR) is 64.8 cm³/mol. The zero-order valence-electron chi connectivity index (χ0n) is 9.40. The normalized spacial score (nSPS) is 23.1. The molecule has 1 fully saturated rings. The van der Waals surface area contributed by atoms with E-state index in [0.717, 1.165) is 19.3 Å². The molecule has 0 aromatic carbocycles. The third kappa shape index (κ3) is 3.35. The van der Waals surface area contributed by atoms with Gasteiger partial charge in [0.05, 0.1) is 18.9 Å². The second-order valence-corrected chi connectivity index (χ2v) is 7.35. The number of rotatable bonds is 5. The van der Waals surface area contributed by atoms with Crippen LogP contribution in [0.5, 0.6) is 0 Å². The molecule has 5 heteroatoms. The Bertz CT molecular complexity index is 257. The van der Waals surface area contributed by atoms with Gasteiger partial charge in [0.2, 0.25) is 0 Å². The van der Waals surface area contributed by atoms with E-state index in [1.807, 2.05) is 13.8 Å². The third-order valence-electron chi connectivity index (χ3n) is 2.52. The first-order chi connectivity index (χ1) is 7.14. The molecule has 3 nitrogen and oxygen atoms in total. The van der Waals surface area contributed by atoms with E-state index in [9.17, 15) is 4.79 Å². The highest BCUT2D eigenvalue weighted by Crippen LogP contribution is 2.56. The van der Waals surface area contributed by atoms with E-state index >= 15 is 0 Å². The van der Waals surface area contributed by atoms with E-state index in [4.69, 9.17) is 20.9 Å². The maximum Gasteiger partial charge on any atom is 0.199 e. The highest BCUT2D eigenvalue weighted by molar-refractivity contribution is 8.10. The Morgan fingerprint density at radius 1 is 1.33 bits per heavy atom. The number of hydrogen-bond donors (Lipinski definition) is 0. The van der Waals surface area contributed by atoms with Gasteiger partial charge in [-0.1, -0.05) is 6.42 Å². The molecular weight excluding hydrogens is 231 g/mol. The molecule has 0 saturated heterocycles. The van der Waals surface area contributed by atoms with Crippen LogP contribution in [0.2, 0.25) is 0 Å². The predicted octanol–water partition coefficient (Wildman–Crippen LogP) is 2.88. The van der Waals surface area contributed by atoms with Gasteiger partial charge in [-0.05, 0) is 38.5 Å². The summed E-state index contributed by atoms with van der Waals surface area (Å²) in [4.78, 5) is 11.8. The minimum atomic E-state index is -2.37. The molecule has 0 heterocycles. The van der Waals surface area contributed by atoms with Crippen LogP contribution in [0, 0.1) is 0 Å². The van der Waals surface area contributed by atoms with E-state index in [2.05, 4.69) is 0 Å². The molecule has 1 aliphatic carbocycles. The average molecular weight is 250 g/mol. The van der Waals surface area contributed by atoms with Crippen molar-refractivity contribution in [3.05, 3.63) is 0 Å². The smallest absolute Gasteiger partial charge is 0.199 e. The molecule has 0 aliphatic heterocycles. The lowest BCUT2D eigenvalue weighted by Crippen LogP contribution is -2.26. The molecule has 0 amide bonds. The Hall–Kier alpha value is 0.240. The summed E-state index contributed by atoms with van der Waals surface area (Å²) in [5.74, 6) is 0.242. The number of ketones is 1. The topological polar surface area (TPSA) is 35.5 Å². The molecule has 88 valence electrons. The Kier molecular flexibility index (Phi) is 5.41. The van der Waals surface area contributed by atoms with Crippen molar-refractivity contribution in [2.45, 2.75) is 45.2 Å². The summed E-state index contributed by atoms with van der Waals surface area (Å²) >= 11 is 5.44. The van der Waals surface area contributed by atoms with Crippen molar-refractivity contribution in [1.29, 1.82) is 0 Å². The van der Waals surface area contributed by atoms with E-state index in [1.165, 1.54) is 0 Å². The molecule has 0 spiro atoms. The first kappa shape index (κ1) is 13.3. The van der Waals surface area contributed by atoms with Gasteiger partial charge in [-0.25, -0.2) is 0 Å². The Morgan fingerprint density at radius 3 is 2.40 bits per heavy atom. The zero-order chi connectivity index (χ0) is 11.3. The van der Waals surface area contributed by atoms with Gasteiger partial charge in [0.15, 0.2) is 6.49 Å². The Balaban J connectivity index is 2.77. The van der Waals surface area contributed by atoms with Gasteiger partial charge in [-0.15, -0.1) is 0 Å². The Labute approximate surface area is 96.7 Å². The average Bonchev–Trinajstić information content (AvgIpc) is 2.19. The quantitative estimate of drug-likeness (QED) is 0.703. The largest absolute Gasteiger partial charge is 0.329 e. The summed E-state index contributed by atoms with van der Waals surface area (Å²) in [5.41, 5.74) is -0.152. The summed E-state index contributed by atoms with van der Waals surface area (Å²) in [6.07, 6.45) is 3.54. The van der Waals surface area contributed by atoms with Crippen LogP contribution in [0.4, 0.5) is 0 Å². The van der Waals surface area contributed by atoms with Gasteiger partial charge in [-0.3, -0.25) is 4.79 Å². The standard InChI is InChI=1S/C10H19O3PS/c1-3-12-14(15,13-4-2)10-8-6-5-7-9(10)11/h10H,3-8H2,1-2H3. The first-order valence-electron chi connectivity index (χ1n) is 5.55. The number of hydrogen-bond acceptors (Lipinski definition) is 4. The maximum atomic E-state index is 11.8. The van der Waals surface area contributed by atoms with Crippen LogP contribution in [0.1, 0.15) is 39.5 Å². The second-order valence-electron chi connectivity index (χ2n) is 3.60. The minimum absolute atomic E-state index is 0.152. The van der Waals surface area contributed by atoms with E-state index in [1.54, 1.807) is 0 Å². The van der Waals surface area contributed by atoms with Gasteiger partial charge in [0.1, 0.15) is 5.78 Å². The number of Topliss-reactive ketones (excluding diaryl/α,β-unsaturated/α-hetero) is 1. The maximum absolute atomic E-state index is 11.8. The van der Waals surface area contributed by atoms with Gasteiger partial charge in [0.25, 0.3) is 0 Å². The van der Waals surface area contributed by atoms with Crippen molar-refractivity contribution in [2.75, 3.05) is 13.2 Å². The van der Waals surface area contributed by atoms with Crippen LogP contribution in [0.25, 0.3) is 0 Å². The van der Waals surface area contributed by atoms with Gasteiger partial charge < -0.3 is 9.05 Å². The van der Waals surface area contributed by atoms with Crippen molar-refractivity contribution in [1.82, 2.24) is 0 Å². The zero-order valence-corrected chi connectivity index (χ0v) is 11.1. The van der Waals surface area contributed by atoms with Crippen molar-refractivity contribution in [3.63, 3.8) is 0 Å². The van der Waals surface area contributed by atoms with Gasteiger partial charge in [-0.2, -0.15) is 0 Å². The fourth-order valence-electron chi connectivity index (χ4n) is 1.88. The summed E-state index contributed by atoms with van der Waals surface area (Å²) < 4.78 is 11.1. The van der Waals surface area contributed by atoms with Gasteiger partial charge >= 0.3 is 0 Å². The van der Waals surface area contributed by atoms with Crippen molar-refractivity contribution in [3.8, 4) is 0 Å². The molecule has 1 rings (SSSR count). The lowest BCUT2D eigenvalue weighted by molar-refractivity contribution is -0.120. The van der Waals surface area contributed by atoms with Crippen molar-refractivity contribution >= 4 is 24.1 Å². The molecule has 1 unspecified atom stereocenters. The molecule has 0 aromatic rings. The molecule has 1 aliphatic rings. The lowest BCUT2D eigenvalue weighted by Gasteiger charge is -2.31. The van der Waals surface area contributed by atoms with E-state index in [-0.39, 0.29) is 11.4 Å². The van der Waals surface area contributed by atoms with Crippen molar-refractivity contribution in [2.24, 2.45) is 0 Å². The SMILES string of the molecule is CCOP(=S)(OCC)C1CCCCC1=O. The van der Waals surface area contributed by atoms with E-state index in [0.29, 0.717) is 19.6 Å². The second kappa shape index (κ2) is 6.09. The fourth-order valence-corrected chi connectivity index (χ4v) is 5.31. The highest BCUT2D eigenvalue weighted by atomic mass is 32.5. The monoisotopic (exact) mass is 250 g/mol. The van der Waals surface area contributed by atoms with Crippen LogP contribution >= 0.6 is 6.49 Å². The summed E-state index contributed by atoms with van der Waals surface area (Å²) in [6.45, 7) is 2.48. The van der Waals surface area contributed by atoms with Crippen molar-refractivity contribution < 1.29 is 13.8 Å². The number of carbonyl (C=O) groups excluding carboxylic acids is 1. The molecule has 1 atom stereocenters. The minimum Gasteiger partial charge on any atom is -0.329 e. The summed E-state index contributed by atoms with van der Waals surface area (Å²) in [6, 6.07) is 0. The first-order valence-corrected chi connectivity index (χ1v) is 8.26. The summed E-state index contributed by atoms with van der Waals surface area (Å²) in [7, 11) is 0. The molecule has 0 bridgehead atoms. The summed E-state index contributed by atoms with van der Waals surface area (Å²) in [5, 5.41) is 0. The van der Waals surface area contributed by atoms with Crippen LogP contribution in [0.3, 0.4) is 0 Å². The Morgan fingerprint density at radius 2 is 1.93 bits per heavy atom. The molecule has 0 radical (unpaired) electrons. The van der Waals surface area contributed by atoms with Crippen LogP contribution in [0.15, 0.2) is 0 Å². The van der Waals surface area contributed by atoms with E-state index < -0.39 is 6.49 Å². The fraction of sp³-hybridized carbons (Fsp3) is 0.900. The van der Waals surface area contributed by atoms with Crippen LogP contribution in [-0.2, 0) is 25.6 Å². The number of carbonyl (C=O) groups is 1. The molecule has 15 heavy (non-hydrogen) atoms.